The summed E-state index contributed by atoms with van der Waals surface area (Å²) in [5.41, 5.74) is 5.01. The SMILES string of the molecule is Cc1ccc(C(=O)Nc2nc3c(s2)CCCC3C(=O)NCCC(c2ccccc2)c2ccccc2)cc1. The van der Waals surface area contributed by atoms with E-state index in [-0.39, 0.29) is 23.7 Å². The Morgan fingerprint density at radius 1 is 0.946 bits per heavy atom. The maximum absolute atomic E-state index is 13.3. The van der Waals surface area contributed by atoms with Crippen molar-refractivity contribution in [1.82, 2.24) is 10.3 Å². The van der Waals surface area contributed by atoms with Crippen LogP contribution < -0.4 is 10.6 Å². The smallest absolute Gasteiger partial charge is 0.257 e. The average Bonchev–Trinajstić information content (AvgIpc) is 3.35. The fourth-order valence-corrected chi connectivity index (χ4v) is 6.02. The van der Waals surface area contributed by atoms with Gasteiger partial charge in [-0.1, -0.05) is 78.4 Å². The first-order chi connectivity index (χ1) is 18.1. The van der Waals surface area contributed by atoms with Crippen LogP contribution in [0, 0.1) is 6.92 Å². The molecule has 6 heteroatoms. The number of thiazole rings is 1. The van der Waals surface area contributed by atoms with Crippen LogP contribution in [0.25, 0.3) is 0 Å². The third-order valence-electron chi connectivity index (χ3n) is 6.94. The van der Waals surface area contributed by atoms with Crippen LogP contribution >= 0.6 is 11.3 Å². The Morgan fingerprint density at radius 3 is 2.24 bits per heavy atom. The Hall–Kier alpha value is -3.77. The molecule has 37 heavy (non-hydrogen) atoms. The van der Waals surface area contributed by atoms with Gasteiger partial charge in [-0.05, 0) is 55.9 Å². The minimum atomic E-state index is -0.281. The molecule has 0 aliphatic heterocycles. The zero-order chi connectivity index (χ0) is 25.6. The Balaban J connectivity index is 1.24. The van der Waals surface area contributed by atoms with E-state index in [2.05, 4.69) is 59.2 Å². The first-order valence-electron chi connectivity index (χ1n) is 12.8. The molecule has 1 atom stereocenters. The third kappa shape index (κ3) is 5.97. The quantitative estimate of drug-likeness (QED) is 0.286. The molecule has 1 heterocycles. The number of carbonyl (C=O) groups excluding carboxylic acids is 2. The summed E-state index contributed by atoms with van der Waals surface area (Å²) in [4.78, 5) is 31.7. The van der Waals surface area contributed by atoms with Gasteiger partial charge >= 0.3 is 0 Å². The summed E-state index contributed by atoms with van der Waals surface area (Å²) in [6.07, 6.45) is 3.42. The van der Waals surface area contributed by atoms with Crippen LogP contribution in [0.3, 0.4) is 0 Å². The van der Waals surface area contributed by atoms with Gasteiger partial charge in [-0.2, -0.15) is 0 Å². The van der Waals surface area contributed by atoms with Crippen molar-refractivity contribution in [2.24, 2.45) is 0 Å². The molecule has 0 spiro atoms. The maximum atomic E-state index is 13.3. The second-order valence-electron chi connectivity index (χ2n) is 9.55. The number of benzene rings is 3. The van der Waals surface area contributed by atoms with Crippen molar-refractivity contribution in [3.8, 4) is 0 Å². The highest BCUT2D eigenvalue weighted by atomic mass is 32.1. The van der Waals surface area contributed by atoms with Crippen LogP contribution in [-0.2, 0) is 11.2 Å². The van der Waals surface area contributed by atoms with E-state index < -0.39 is 0 Å². The van der Waals surface area contributed by atoms with E-state index in [1.807, 2.05) is 43.3 Å². The normalized spacial score (nSPS) is 14.7. The lowest BCUT2D eigenvalue weighted by molar-refractivity contribution is -0.122. The van der Waals surface area contributed by atoms with E-state index >= 15 is 0 Å². The molecule has 1 aliphatic rings. The van der Waals surface area contributed by atoms with Crippen LogP contribution in [0.15, 0.2) is 84.9 Å². The zero-order valence-corrected chi connectivity index (χ0v) is 21.8. The second-order valence-corrected chi connectivity index (χ2v) is 10.6. The molecular weight excluding hydrogens is 478 g/mol. The second kappa shape index (κ2) is 11.5. The van der Waals surface area contributed by atoms with E-state index in [0.717, 1.165) is 41.8 Å². The van der Waals surface area contributed by atoms with Gasteiger partial charge in [-0.15, -0.1) is 11.3 Å². The molecule has 1 aromatic heterocycles. The lowest BCUT2D eigenvalue weighted by atomic mass is 9.88. The van der Waals surface area contributed by atoms with E-state index in [9.17, 15) is 9.59 Å². The van der Waals surface area contributed by atoms with Crippen molar-refractivity contribution < 1.29 is 9.59 Å². The molecule has 4 aromatic rings. The van der Waals surface area contributed by atoms with E-state index in [1.54, 1.807) is 0 Å². The summed E-state index contributed by atoms with van der Waals surface area (Å²) in [7, 11) is 0. The molecule has 188 valence electrons. The number of nitrogens with one attached hydrogen (secondary N) is 2. The summed E-state index contributed by atoms with van der Waals surface area (Å²) < 4.78 is 0. The number of rotatable bonds is 8. The number of anilines is 1. The number of nitrogens with zero attached hydrogens (tertiary/aromatic N) is 1. The molecule has 3 aromatic carbocycles. The van der Waals surface area contributed by atoms with Crippen LogP contribution in [-0.4, -0.2) is 23.3 Å². The third-order valence-corrected chi connectivity index (χ3v) is 7.99. The molecule has 0 saturated carbocycles. The molecule has 0 radical (unpaired) electrons. The van der Waals surface area contributed by atoms with Gasteiger partial charge in [0, 0.05) is 22.9 Å². The summed E-state index contributed by atoms with van der Waals surface area (Å²) in [6.45, 7) is 2.57. The summed E-state index contributed by atoms with van der Waals surface area (Å²) in [5.74, 6) is -0.230. The fourth-order valence-electron chi connectivity index (χ4n) is 4.96. The monoisotopic (exact) mass is 509 g/mol. The summed E-state index contributed by atoms with van der Waals surface area (Å²) in [5, 5.41) is 6.67. The number of aryl methyl sites for hydroxylation is 2. The molecule has 0 fully saturated rings. The van der Waals surface area contributed by atoms with Crippen LogP contribution in [0.1, 0.15) is 68.7 Å². The first kappa shape index (κ1) is 24.9. The Kier molecular flexibility index (Phi) is 7.76. The van der Waals surface area contributed by atoms with E-state index in [4.69, 9.17) is 4.98 Å². The molecule has 1 unspecified atom stereocenters. The molecule has 1 aliphatic carbocycles. The molecule has 2 N–H and O–H groups in total. The van der Waals surface area contributed by atoms with E-state index in [1.165, 1.54) is 22.5 Å². The van der Waals surface area contributed by atoms with Crippen molar-refractivity contribution in [2.45, 2.75) is 44.4 Å². The van der Waals surface area contributed by atoms with Crippen molar-refractivity contribution in [3.63, 3.8) is 0 Å². The number of hydrogen-bond acceptors (Lipinski definition) is 4. The van der Waals surface area contributed by atoms with Gasteiger partial charge in [0.1, 0.15) is 0 Å². The zero-order valence-electron chi connectivity index (χ0n) is 20.9. The van der Waals surface area contributed by atoms with Crippen LogP contribution in [0.5, 0.6) is 0 Å². The van der Waals surface area contributed by atoms with E-state index in [0.29, 0.717) is 17.2 Å². The number of hydrogen-bond donors (Lipinski definition) is 2. The minimum Gasteiger partial charge on any atom is -0.355 e. The van der Waals surface area contributed by atoms with Gasteiger partial charge in [0.2, 0.25) is 5.91 Å². The topological polar surface area (TPSA) is 71.1 Å². The number of amides is 2. The molecule has 0 saturated heterocycles. The van der Waals surface area contributed by atoms with Crippen molar-refractivity contribution in [2.75, 3.05) is 11.9 Å². The van der Waals surface area contributed by atoms with Crippen molar-refractivity contribution >= 4 is 28.3 Å². The highest BCUT2D eigenvalue weighted by Gasteiger charge is 2.30. The number of fused-ring (bicyclic) bond motifs is 1. The average molecular weight is 510 g/mol. The van der Waals surface area contributed by atoms with Crippen molar-refractivity contribution in [3.05, 3.63) is 118 Å². The molecule has 0 bridgehead atoms. The number of carbonyl (C=O) groups is 2. The van der Waals surface area contributed by atoms with Crippen LogP contribution in [0.4, 0.5) is 5.13 Å². The number of aromatic nitrogens is 1. The predicted molar refractivity (Wildman–Crippen MR) is 149 cm³/mol. The first-order valence-corrected chi connectivity index (χ1v) is 13.7. The molecule has 5 nitrogen and oxygen atoms in total. The van der Waals surface area contributed by atoms with Crippen LogP contribution in [0.2, 0.25) is 0 Å². The standard InChI is InChI=1S/C31H31N3O2S/c1-21-15-17-24(18-16-21)29(35)34-31-33-28-26(13-8-14-27(28)37-31)30(36)32-20-19-25(22-9-4-2-5-10-22)23-11-6-3-7-12-23/h2-7,9-12,15-18,25-26H,8,13-14,19-20H2,1H3,(H,32,36)(H,33,34,35). The fraction of sp³-hybridized carbons (Fsp3) is 0.258. The minimum absolute atomic E-state index is 0.0162. The maximum Gasteiger partial charge on any atom is 0.257 e. The molecule has 5 rings (SSSR count). The van der Waals surface area contributed by atoms with Gasteiger partial charge in [0.05, 0.1) is 11.6 Å². The van der Waals surface area contributed by atoms with Crippen molar-refractivity contribution in [1.29, 1.82) is 0 Å². The lowest BCUT2D eigenvalue weighted by Gasteiger charge is -2.22. The van der Waals surface area contributed by atoms with Gasteiger partial charge in [0.25, 0.3) is 5.91 Å². The largest absolute Gasteiger partial charge is 0.355 e. The Labute approximate surface area is 222 Å². The summed E-state index contributed by atoms with van der Waals surface area (Å²) >= 11 is 1.48. The van der Waals surface area contributed by atoms with Gasteiger partial charge in [-0.3, -0.25) is 14.9 Å². The summed E-state index contributed by atoms with van der Waals surface area (Å²) in [6, 6.07) is 28.3. The van der Waals surface area contributed by atoms with Gasteiger partial charge < -0.3 is 5.32 Å². The molecular formula is C31H31N3O2S. The van der Waals surface area contributed by atoms with Gasteiger partial charge in [0.15, 0.2) is 5.13 Å². The lowest BCUT2D eigenvalue weighted by Crippen LogP contribution is -2.32. The van der Waals surface area contributed by atoms with Gasteiger partial charge in [-0.25, -0.2) is 4.98 Å². The molecule has 2 amide bonds. The highest BCUT2D eigenvalue weighted by molar-refractivity contribution is 7.16. The predicted octanol–water partition coefficient (Wildman–Crippen LogP) is 6.46. The highest BCUT2D eigenvalue weighted by Crippen LogP contribution is 2.37. The Bertz CT molecular complexity index is 1310. The Morgan fingerprint density at radius 2 is 1.59 bits per heavy atom.